The summed E-state index contributed by atoms with van der Waals surface area (Å²) >= 11 is 11.1. The van der Waals surface area contributed by atoms with Crippen LogP contribution in [0.2, 0.25) is 10.3 Å². The molecule has 0 bridgehead atoms. The third-order valence-corrected chi connectivity index (χ3v) is 2.87. The predicted octanol–water partition coefficient (Wildman–Crippen LogP) is 2.50. The molecule has 0 fully saturated rings. The number of carbonyl (C=O) groups excluding carboxylic acids is 2. The SMILES string of the molecule is O=C(ONC(=O)c1ccc(F)cc1F)c1nc(Cl)c(Cl)[nH]1. The Morgan fingerprint density at radius 2 is 2.00 bits per heavy atom. The van der Waals surface area contributed by atoms with E-state index in [9.17, 15) is 18.4 Å². The zero-order valence-corrected chi connectivity index (χ0v) is 11.4. The molecule has 2 rings (SSSR count). The fourth-order valence-electron chi connectivity index (χ4n) is 1.30. The van der Waals surface area contributed by atoms with Crippen LogP contribution >= 0.6 is 23.2 Å². The largest absolute Gasteiger partial charge is 0.398 e. The van der Waals surface area contributed by atoms with E-state index in [0.717, 1.165) is 12.1 Å². The molecular formula is C11H5Cl2F2N3O3. The molecule has 21 heavy (non-hydrogen) atoms. The molecule has 0 aliphatic carbocycles. The van der Waals surface area contributed by atoms with E-state index in [4.69, 9.17) is 23.2 Å². The van der Waals surface area contributed by atoms with Gasteiger partial charge in [-0.2, -0.15) is 5.48 Å². The Morgan fingerprint density at radius 3 is 2.57 bits per heavy atom. The van der Waals surface area contributed by atoms with Crippen molar-refractivity contribution in [2.24, 2.45) is 0 Å². The summed E-state index contributed by atoms with van der Waals surface area (Å²) in [5.74, 6) is -4.48. The highest BCUT2D eigenvalue weighted by Crippen LogP contribution is 2.18. The summed E-state index contributed by atoms with van der Waals surface area (Å²) in [6.45, 7) is 0. The first-order chi connectivity index (χ1) is 9.88. The average molecular weight is 336 g/mol. The molecule has 1 heterocycles. The van der Waals surface area contributed by atoms with Crippen LogP contribution in [-0.4, -0.2) is 21.8 Å². The molecule has 110 valence electrons. The van der Waals surface area contributed by atoms with Gasteiger partial charge < -0.3 is 9.82 Å². The Bertz CT molecular complexity index is 701. The van der Waals surface area contributed by atoms with Gasteiger partial charge in [-0.05, 0) is 12.1 Å². The van der Waals surface area contributed by atoms with Crippen LogP contribution in [0.4, 0.5) is 8.78 Å². The number of hydrogen-bond acceptors (Lipinski definition) is 4. The van der Waals surface area contributed by atoms with Crippen LogP contribution in [0.3, 0.4) is 0 Å². The van der Waals surface area contributed by atoms with Gasteiger partial charge in [-0.1, -0.05) is 23.2 Å². The molecule has 0 unspecified atom stereocenters. The molecule has 1 aromatic heterocycles. The molecular weight excluding hydrogens is 331 g/mol. The molecule has 10 heteroatoms. The Balaban J connectivity index is 2.02. The van der Waals surface area contributed by atoms with Crippen molar-refractivity contribution in [3.05, 3.63) is 51.5 Å². The van der Waals surface area contributed by atoms with Gasteiger partial charge in [0.25, 0.3) is 5.91 Å². The monoisotopic (exact) mass is 335 g/mol. The summed E-state index contributed by atoms with van der Waals surface area (Å²) in [4.78, 5) is 33.2. The molecule has 6 nitrogen and oxygen atoms in total. The fourth-order valence-corrected chi connectivity index (χ4v) is 1.56. The Hall–Kier alpha value is -2.19. The summed E-state index contributed by atoms with van der Waals surface area (Å²) in [7, 11) is 0. The van der Waals surface area contributed by atoms with Crippen molar-refractivity contribution in [1.82, 2.24) is 15.4 Å². The number of imidazole rings is 1. The fraction of sp³-hybridized carbons (Fsp3) is 0. The molecule has 1 amide bonds. The Kier molecular flexibility index (Phi) is 4.39. The maximum atomic E-state index is 13.3. The number of nitrogens with zero attached hydrogens (tertiary/aromatic N) is 1. The summed E-state index contributed by atoms with van der Waals surface area (Å²) in [5.41, 5.74) is 1.19. The van der Waals surface area contributed by atoms with Crippen LogP contribution in [0.15, 0.2) is 18.2 Å². The minimum atomic E-state index is -1.10. The van der Waals surface area contributed by atoms with Gasteiger partial charge in [-0.15, -0.1) is 0 Å². The van der Waals surface area contributed by atoms with Gasteiger partial charge in [-0.3, -0.25) is 4.79 Å². The van der Waals surface area contributed by atoms with Crippen molar-refractivity contribution < 1.29 is 23.2 Å². The van der Waals surface area contributed by atoms with Gasteiger partial charge in [-0.25, -0.2) is 18.6 Å². The highest BCUT2D eigenvalue weighted by molar-refractivity contribution is 6.40. The van der Waals surface area contributed by atoms with Crippen molar-refractivity contribution >= 4 is 35.1 Å². The highest BCUT2D eigenvalue weighted by Gasteiger charge is 2.18. The maximum absolute atomic E-state index is 13.3. The molecule has 0 saturated heterocycles. The van der Waals surface area contributed by atoms with Crippen molar-refractivity contribution in [3.8, 4) is 0 Å². The second-order valence-corrected chi connectivity index (χ2v) is 4.37. The summed E-state index contributed by atoms with van der Waals surface area (Å²) in [5, 5.41) is -0.237. The van der Waals surface area contributed by atoms with E-state index in [1.807, 2.05) is 0 Å². The van der Waals surface area contributed by atoms with E-state index in [2.05, 4.69) is 14.8 Å². The number of aromatic amines is 1. The van der Waals surface area contributed by atoms with E-state index in [1.54, 1.807) is 5.48 Å². The topological polar surface area (TPSA) is 84.1 Å². The molecule has 2 aromatic rings. The van der Waals surface area contributed by atoms with Crippen LogP contribution in [0.25, 0.3) is 0 Å². The van der Waals surface area contributed by atoms with Gasteiger partial charge in [0.1, 0.15) is 16.8 Å². The minimum Gasteiger partial charge on any atom is -0.332 e. The first-order valence-electron chi connectivity index (χ1n) is 5.26. The van der Waals surface area contributed by atoms with Gasteiger partial charge in [0, 0.05) is 6.07 Å². The van der Waals surface area contributed by atoms with E-state index < -0.39 is 29.1 Å². The third-order valence-electron chi connectivity index (χ3n) is 2.22. The number of aromatic nitrogens is 2. The number of nitrogens with one attached hydrogen (secondary N) is 2. The molecule has 0 aliphatic rings. The quantitative estimate of drug-likeness (QED) is 0.826. The molecule has 0 saturated carbocycles. The summed E-state index contributed by atoms with van der Waals surface area (Å²) < 4.78 is 26.0. The lowest BCUT2D eigenvalue weighted by atomic mass is 10.2. The number of carbonyl (C=O) groups is 2. The van der Waals surface area contributed by atoms with Gasteiger partial charge >= 0.3 is 5.97 Å². The van der Waals surface area contributed by atoms with Crippen LogP contribution in [-0.2, 0) is 4.84 Å². The van der Waals surface area contributed by atoms with Crippen molar-refractivity contribution in [2.45, 2.75) is 0 Å². The number of amides is 1. The maximum Gasteiger partial charge on any atom is 0.398 e. The number of halogens is 4. The lowest BCUT2D eigenvalue weighted by Crippen LogP contribution is -2.28. The summed E-state index contributed by atoms with van der Waals surface area (Å²) in [6.07, 6.45) is 0. The smallest absolute Gasteiger partial charge is 0.332 e. The van der Waals surface area contributed by atoms with Crippen molar-refractivity contribution in [1.29, 1.82) is 0 Å². The van der Waals surface area contributed by atoms with Crippen LogP contribution in [0.5, 0.6) is 0 Å². The zero-order valence-electron chi connectivity index (χ0n) is 9.92. The molecule has 1 aromatic carbocycles. The average Bonchev–Trinajstić information content (AvgIpc) is 2.76. The van der Waals surface area contributed by atoms with Crippen molar-refractivity contribution in [3.63, 3.8) is 0 Å². The van der Waals surface area contributed by atoms with E-state index in [-0.39, 0.29) is 16.1 Å². The number of hydrogen-bond donors (Lipinski definition) is 2. The number of hydroxylamine groups is 1. The second-order valence-electron chi connectivity index (χ2n) is 3.64. The first-order valence-corrected chi connectivity index (χ1v) is 6.01. The van der Waals surface area contributed by atoms with Gasteiger partial charge in [0.05, 0.1) is 5.56 Å². The molecule has 0 atom stereocenters. The second kappa shape index (κ2) is 6.06. The first kappa shape index (κ1) is 15.2. The van der Waals surface area contributed by atoms with Crippen LogP contribution in [0.1, 0.15) is 21.0 Å². The van der Waals surface area contributed by atoms with E-state index in [0.29, 0.717) is 6.07 Å². The minimum absolute atomic E-state index is 0.0838. The normalized spacial score (nSPS) is 10.3. The predicted molar refractivity (Wildman–Crippen MR) is 67.8 cm³/mol. The third kappa shape index (κ3) is 3.47. The zero-order chi connectivity index (χ0) is 15.6. The number of H-pyrrole nitrogens is 1. The van der Waals surface area contributed by atoms with E-state index in [1.165, 1.54) is 0 Å². The van der Waals surface area contributed by atoms with Crippen LogP contribution < -0.4 is 5.48 Å². The van der Waals surface area contributed by atoms with Crippen molar-refractivity contribution in [2.75, 3.05) is 0 Å². The number of rotatable bonds is 2. The lowest BCUT2D eigenvalue weighted by Gasteiger charge is -2.05. The number of benzene rings is 1. The highest BCUT2D eigenvalue weighted by atomic mass is 35.5. The van der Waals surface area contributed by atoms with Crippen LogP contribution in [0, 0.1) is 11.6 Å². The van der Waals surface area contributed by atoms with Gasteiger partial charge in [0.2, 0.25) is 5.82 Å². The van der Waals surface area contributed by atoms with E-state index >= 15 is 0 Å². The van der Waals surface area contributed by atoms with Gasteiger partial charge in [0.15, 0.2) is 5.15 Å². The standard InChI is InChI=1S/C11H5Cl2F2N3O3/c12-7-8(13)17-9(16-7)11(20)21-18-10(19)5-2-1-4(14)3-6(5)15/h1-3H,(H,16,17)(H,18,19). The Labute approximate surface area is 126 Å². The molecule has 0 spiro atoms. The molecule has 0 aliphatic heterocycles. The molecule has 0 radical (unpaired) electrons. The lowest BCUT2D eigenvalue weighted by molar-refractivity contribution is 0.0217. The summed E-state index contributed by atoms with van der Waals surface area (Å²) in [6, 6.07) is 2.29. The molecule has 2 N–H and O–H groups in total. The Morgan fingerprint density at radius 1 is 1.29 bits per heavy atom.